The van der Waals surface area contributed by atoms with Crippen LogP contribution >= 0.6 is 0 Å². The third kappa shape index (κ3) is 4.82. The van der Waals surface area contributed by atoms with Crippen molar-refractivity contribution in [3.8, 4) is 5.75 Å². The zero-order valence-electron chi connectivity index (χ0n) is 14.9. The molecule has 0 unspecified atom stereocenters. The Morgan fingerprint density at radius 2 is 1.56 bits per heavy atom. The van der Waals surface area contributed by atoms with Gasteiger partial charge in [-0.15, -0.1) is 0 Å². The molecular weight excluding hydrogens is 341 g/mol. The molecule has 27 heavy (non-hydrogen) atoms. The molecule has 3 nitrogen and oxygen atoms in total. The third-order valence-corrected chi connectivity index (χ3v) is 4.16. The molecule has 0 heterocycles. The highest BCUT2D eigenvalue weighted by molar-refractivity contribution is 5.92. The molecule has 0 aromatic heterocycles. The van der Waals surface area contributed by atoms with Gasteiger partial charge in [0.25, 0.3) is 0 Å². The summed E-state index contributed by atoms with van der Waals surface area (Å²) < 4.78 is 18.7. The lowest BCUT2D eigenvalue weighted by Crippen LogP contribution is -2.27. The van der Waals surface area contributed by atoms with E-state index in [0.29, 0.717) is 5.56 Å². The Morgan fingerprint density at radius 3 is 2.07 bits per heavy atom. The van der Waals surface area contributed by atoms with Crippen LogP contribution in [-0.4, -0.2) is 13.0 Å². The zero-order chi connectivity index (χ0) is 19.1. The van der Waals surface area contributed by atoms with Gasteiger partial charge < -0.3 is 10.1 Å². The molecule has 0 radical (unpaired) electrons. The van der Waals surface area contributed by atoms with E-state index in [1.54, 1.807) is 12.1 Å². The van der Waals surface area contributed by atoms with Crippen molar-refractivity contribution in [1.82, 2.24) is 5.32 Å². The van der Waals surface area contributed by atoms with Crippen LogP contribution in [0.1, 0.15) is 22.7 Å². The maximum Gasteiger partial charge on any atom is 0.244 e. The topological polar surface area (TPSA) is 38.3 Å². The molecule has 0 aliphatic heterocycles. The van der Waals surface area contributed by atoms with Gasteiger partial charge in [-0.25, -0.2) is 4.39 Å². The van der Waals surface area contributed by atoms with Crippen LogP contribution in [0.4, 0.5) is 4.39 Å². The SMILES string of the molecule is COc1ccc(/C=C/C(=O)NC(c2ccccc2)c2ccccc2)cc1F. The van der Waals surface area contributed by atoms with E-state index in [1.165, 1.54) is 25.3 Å². The summed E-state index contributed by atoms with van der Waals surface area (Å²) >= 11 is 0. The predicted octanol–water partition coefficient (Wildman–Crippen LogP) is 4.75. The number of hydrogen-bond donors (Lipinski definition) is 1. The van der Waals surface area contributed by atoms with Crippen LogP contribution < -0.4 is 10.1 Å². The summed E-state index contributed by atoms with van der Waals surface area (Å²) in [6.45, 7) is 0. The van der Waals surface area contributed by atoms with E-state index in [0.717, 1.165) is 11.1 Å². The first-order valence-corrected chi connectivity index (χ1v) is 8.59. The number of carbonyl (C=O) groups is 1. The number of rotatable bonds is 6. The quantitative estimate of drug-likeness (QED) is 0.643. The Balaban J connectivity index is 1.78. The monoisotopic (exact) mass is 361 g/mol. The Bertz CT molecular complexity index is 884. The molecule has 0 bridgehead atoms. The van der Waals surface area contributed by atoms with Crippen LogP contribution in [0.25, 0.3) is 6.08 Å². The first-order valence-electron chi connectivity index (χ1n) is 8.59. The van der Waals surface area contributed by atoms with E-state index < -0.39 is 5.82 Å². The van der Waals surface area contributed by atoms with Crippen molar-refractivity contribution in [3.05, 3.63) is 107 Å². The minimum Gasteiger partial charge on any atom is -0.494 e. The fourth-order valence-corrected chi connectivity index (χ4v) is 2.80. The summed E-state index contributed by atoms with van der Waals surface area (Å²) in [5, 5.41) is 3.01. The second-order valence-electron chi connectivity index (χ2n) is 5.99. The normalized spacial score (nSPS) is 10.9. The van der Waals surface area contributed by atoms with Gasteiger partial charge in [0.05, 0.1) is 13.2 Å². The summed E-state index contributed by atoms with van der Waals surface area (Å²) in [6.07, 6.45) is 2.98. The lowest BCUT2D eigenvalue weighted by atomic mass is 9.98. The number of ether oxygens (including phenoxy) is 1. The highest BCUT2D eigenvalue weighted by Crippen LogP contribution is 2.22. The molecule has 0 atom stereocenters. The second-order valence-corrected chi connectivity index (χ2v) is 5.99. The number of amides is 1. The molecule has 136 valence electrons. The Morgan fingerprint density at radius 1 is 0.963 bits per heavy atom. The van der Waals surface area contributed by atoms with Gasteiger partial charge in [0.2, 0.25) is 5.91 Å². The van der Waals surface area contributed by atoms with Gasteiger partial charge in [0.1, 0.15) is 0 Å². The molecular formula is C23H20FNO2. The molecule has 3 aromatic carbocycles. The molecule has 3 aromatic rings. The first kappa shape index (κ1) is 18.4. The van der Waals surface area contributed by atoms with E-state index in [4.69, 9.17) is 4.74 Å². The van der Waals surface area contributed by atoms with E-state index in [2.05, 4.69) is 5.32 Å². The number of halogens is 1. The average Bonchev–Trinajstić information content (AvgIpc) is 2.72. The molecule has 0 saturated carbocycles. The summed E-state index contributed by atoms with van der Waals surface area (Å²) in [4.78, 5) is 12.5. The van der Waals surface area contributed by atoms with Gasteiger partial charge in [-0.05, 0) is 34.9 Å². The Kier molecular flexibility index (Phi) is 6.00. The van der Waals surface area contributed by atoms with Crippen LogP contribution in [0, 0.1) is 5.82 Å². The van der Waals surface area contributed by atoms with Crippen molar-refractivity contribution < 1.29 is 13.9 Å². The molecule has 4 heteroatoms. The Labute approximate surface area is 158 Å². The lowest BCUT2D eigenvalue weighted by molar-refractivity contribution is -0.116. The van der Waals surface area contributed by atoms with E-state index >= 15 is 0 Å². The van der Waals surface area contributed by atoms with Gasteiger partial charge in [0.15, 0.2) is 11.6 Å². The molecule has 1 amide bonds. The molecule has 0 aliphatic rings. The minimum absolute atomic E-state index is 0.171. The third-order valence-electron chi connectivity index (χ3n) is 4.16. The van der Waals surface area contributed by atoms with Crippen molar-refractivity contribution in [2.45, 2.75) is 6.04 Å². The molecule has 0 aliphatic carbocycles. The predicted molar refractivity (Wildman–Crippen MR) is 105 cm³/mol. The van der Waals surface area contributed by atoms with Gasteiger partial charge in [0, 0.05) is 6.08 Å². The smallest absolute Gasteiger partial charge is 0.244 e. The lowest BCUT2D eigenvalue weighted by Gasteiger charge is -2.19. The van der Waals surface area contributed by atoms with E-state index in [9.17, 15) is 9.18 Å². The standard InChI is InChI=1S/C23H20FNO2/c1-27-21-14-12-17(16-20(21)24)13-15-22(26)25-23(18-8-4-2-5-9-18)19-10-6-3-7-11-19/h2-16,23H,1H3,(H,25,26)/b15-13+. The zero-order valence-corrected chi connectivity index (χ0v) is 14.9. The number of methoxy groups -OCH3 is 1. The van der Waals surface area contributed by atoms with Crippen LogP contribution in [0.5, 0.6) is 5.75 Å². The highest BCUT2D eigenvalue weighted by atomic mass is 19.1. The summed E-state index contributed by atoms with van der Waals surface area (Å²) in [7, 11) is 1.41. The van der Waals surface area contributed by atoms with Crippen molar-refractivity contribution in [2.75, 3.05) is 7.11 Å². The van der Waals surface area contributed by atoms with Gasteiger partial charge >= 0.3 is 0 Å². The van der Waals surface area contributed by atoms with E-state index in [1.807, 2.05) is 60.7 Å². The summed E-state index contributed by atoms with van der Waals surface area (Å²) in [5.41, 5.74) is 2.56. The number of benzene rings is 3. The van der Waals surface area contributed by atoms with E-state index in [-0.39, 0.29) is 17.7 Å². The molecule has 0 fully saturated rings. The average molecular weight is 361 g/mol. The fraction of sp³-hybridized carbons (Fsp3) is 0.0870. The second kappa shape index (κ2) is 8.81. The van der Waals surface area contributed by atoms with Gasteiger partial charge in [-0.2, -0.15) is 0 Å². The van der Waals surface area contributed by atoms with Crippen molar-refractivity contribution in [1.29, 1.82) is 0 Å². The van der Waals surface area contributed by atoms with Crippen LogP contribution in [0.15, 0.2) is 84.9 Å². The van der Waals surface area contributed by atoms with Crippen LogP contribution in [0.3, 0.4) is 0 Å². The van der Waals surface area contributed by atoms with Gasteiger partial charge in [-0.1, -0.05) is 66.7 Å². The van der Waals surface area contributed by atoms with Crippen molar-refractivity contribution in [2.24, 2.45) is 0 Å². The highest BCUT2D eigenvalue weighted by Gasteiger charge is 2.15. The molecule has 1 N–H and O–H groups in total. The van der Waals surface area contributed by atoms with Crippen molar-refractivity contribution in [3.63, 3.8) is 0 Å². The fourth-order valence-electron chi connectivity index (χ4n) is 2.80. The molecule has 0 spiro atoms. The summed E-state index contributed by atoms with van der Waals surface area (Å²) in [5.74, 6) is -0.555. The maximum absolute atomic E-state index is 13.8. The first-order chi connectivity index (χ1) is 13.2. The van der Waals surface area contributed by atoms with Gasteiger partial charge in [-0.3, -0.25) is 4.79 Å². The van der Waals surface area contributed by atoms with Crippen LogP contribution in [0.2, 0.25) is 0 Å². The minimum atomic E-state index is -0.466. The Hall–Kier alpha value is -3.40. The number of carbonyl (C=O) groups excluding carboxylic acids is 1. The van der Waals surface area contributed by atoms with Crippen molar-refractivity contribution >= 4 is 12.0 Å². The van der Waals surface area contributed by atoms with Crippen LogP contribution in [-0.2, 0) is 4.79 Å². The summed E-state index contributed by atoms with van der Waals surface area (Å²) in [6, 6.07) is 23.8. The largest absolute Gasteiger partial charge is 0.494 e. The molecule has 3 rings (SSSR count). The molecule has 0 saturated heterocycles. The number of nitrogens with one attached hydrogen (secondary N) is 1. The number of hydrogen-bond acceptors (Lipinski definition) is 2. The maximum atomic E-state index is 13.8.